The summed E-state index contributed by atoms with van der Waals surface area (Å²) in [6.07, 6.45) is 1.94. The second-order valence-electron chi connectivity index (χ2n) is 5.32. The molecular weight excluding hydrogens is 284 g/mol. The monoisotopic (exact) mass is 302 g/mol. The molecule has 5 heteroatoms. The molecule has 0 radical (unpaired) electrons. The quantitative estimate of drug-likeness (QED) is 0.915. The van der Waals surface area contributed by atoms with E-state index in [0.717, 1.165) is 36.2 Å². The smallest absolute Gasteiger partial charge is 0.261 e. The summed E-state index contributed by atoms with van der Waals surface area (Å²) in [5.41, 5.74) is 3.78. The molecule has 0 spiro atoms. The van der Waals surface area contributed by atoms with Gasteiger partial charge in [-0.3, -0.25) is 4.72 Å². The first-order valence-electron chi connectivity index (χ1n) is 7.01. The Labute approximate surface area is 125 Å². The fraction of sp³-hybridized carbons (Fsp3) is 0.250. The molecule has 1 aliphatic rings. The molecule has 0 aromatic heterocycles. The number of rotatable bonds is 3. The van der Waals surface area contributed by atoms with Crippen molar-refractivity contribution >= 4 is 21.4 Å². The minimum atomic E-state index is -3.54. The summed E-state index contributed by atoms with van der Waals surface area (Å²) in [5.74, 6) is 0. The SMILES string of the molecule is Cc1ccc(NS(=O)(=O)c2ccc3c(c2)CCCN3)cc1. The molecule has 2 aromatic rings. The molecule has 21 heavy (non-hydrogen) atoms. The molecule has 0 bridgehead atoms. The third-order valence-electron chi connectivity index (χ3n) is 3.63. The Morgan fingerprint density at radius 3 is 2.62 bits per heavy atom. The molecule has 4 nitrogen and oxygen atoms in total. The molecule has 0 amide bonds. The maximum Gasteiger partial charge on any atom is 0.261 e. The molecule has 0 unspecified atom stereocenters. The van der Waals surface area contributed by atoms with Gasteiger partial charge in [-0.2, -0.15) is 0 Å². The molecule has 3 rings (SSSR count). The normalized spacial score (nSPS) is 14.1. The van der Waals surface area contributed by atoms with Crippen molar-refractivity contribution in [1.82, 2.24) is 0 Å². The maximum atomic E-state index is 12.4. The second-order valence-corrected chi connectivity index (χ2v) is 7.00. The van der Waals surface area contributed by atoms with E-state index in [1.165, 1.54) is 0 Å². The molecule has 110 valence electrons. The van der Waals surface area contributed by atoms with E-state index >= 15 is 0 Å². The van der Waals surface area contributed by atoms with Gasteiger partial charge in [0.05, 0.1) is 4.90 Å². The molecule has 0 fully saturated rings. The summed E-state index contributed by atoms with van der Waals surface area (Å²) in [6, 6.07) is 12.6. The lowest BCUT2D eigenvalue weighted by Gasteiger charge is -2.18. The molecule has 1 heterocycles. The summed E-state index contributed by atoms with van der Waals surface area (Å²) < 4.78 is 27.5. The van der Waals surface area contributed by atoms with E-state index in [2.05, 4.69) is 10.0 Å². The topological polar surface area (TPSA) is 58.2 Å². The van der Waals surface area contributed by atoms with Gasteiger partial charge in [-0.1, -0.05) is 17.7 Å². The maximum absolute atomic E-state index is 12.4. The van der Waals surface area contributed by atoms with Crippen LogP contribution < -0.4 is 10.0 Å². The van der Waals surface area contributed by atoms with Gasteiger partial charge in [0.15, 0.2) is 0 Å². The van der Waals surface area contributed by atoms with Crippen LogP contribution in [0.2, 0.25) is 0 Å². The van der Waals surface area contributed by atoms with Gasteiger partial charge in [-0.05, 0) is 55.7 Å². The van der Waals surface area contributed by atoms with E-state index in [1.807, 2.05) is 25.1 Å². The fourth-order valence-electron chi connectivity index (χ4n) is 2.45. The van der Waals surface area contributed by atoms with Crippen LogP contribution in [0.25, 0.3) is 0 Å². The Morgan fingerprint density at radius 2 is 1.86 bits per heavy atom. The first-order valence-corrected chi connectivity index (χ1v) is 8.49. The zero-order valence-electron chi connectivity index (χ0n) is 11.9. The third kappa shape index (κ3) is 3.03. The lowest BCUT2D eigenvalue weighted by molar-refractivity contribution is 0.601. The average molecular weight is 302 g/mol. The molecule has 0 saturated heterocycles. The largest absolute Gasteiger partial charge is 0.385 e. The molecule has 2 N–H and O–H groups in total. The zero-order chi connectivity index (χ0) is 14.9. The van der Waals surface area contributed by atoms with Gasteiger partial charge in [0.1, 0.15) is 0 Å². The van der Waals surface area contributed by atoms with E-state index in [0.29, 0.717) is 10.6 Å². The molecule has 2 aromatic carbocycles. The first kappa shape index (κ1) is 13.9. The van der Waals surface area contributed by atoms with E-state index in [9.17, 15) is 8.42 Å². The Kier molecular flexibility index (Phi) is 3.59. The van der Waals surface area contributed by atoms with Crippen LogP contribution in [-0.4, -0.2) is 15.0 Å². The minimum absolute atomic E-state index is 0.311. The number of benzene rings is 2. The van der Waals surface area contributed by atoms with E-state index in [1.54, 1.807) is 24.3 Å². The van der Waals surface area contributed by atoms with Crippen LogP contribution in [-0.2, 0) is 16.4 Å². The number of aryl methyl sites for hydroxylation is 2. The first-order chi connectivity index (χ1) is 10.0. The van der Waals surface area contributed by atoms with Crippen molar-refractivity contribution in [3.8, 4) is 0 Å². The van der Waals surface area contributed by atoms with Crippen molar-refractivity contribution < 1.29 is 8.42 Å². The van der Waals surface area contributed by atoms with Crippen LogP contribution in [0.1, 0.15) is 17.5 Å². The number of anilines is 2. The number of sulfonamides is 1. The van der Waals surface area contributed by atoms with Crippen molar-refractivity contribution in [1.29, 1.82) is 0 Å². The third-order valence-corrected chi connectivity index (χ3v) is 5.01. The highest BCUT2D eigenvalue weighted by Gasteiger charge is 2.17. The number of hydrogen-bond acceptors (Lipinski definition) is 3. The van der Waals surface area contributed by atoms with Crippen molar-refractivity contribution in [2.75, 3.05) is 16.6 Å². The van der Waals surface area contributed by atoms with Crippen LogP contribution in [0.4, 0.5) is 11.4 Å². The van der Waals surface area contributed by atoms with Crippen molar-refractivity contribution in [2.45, 2.75) is 24.7 Å². The number of fused-ring (bicyclic) bond motifs is 1. The van der Waals surface area contributed by atoms with E-state index < -0.39 is 10.0 Å². The Balaban J connectivity index is 1.89. The zero-order valence-corrected chi connectivity index (χ0v) is 12.7. The molecule has 1 aliphatic heterocycles. The summed E-state index contributed by atoms with van der Waals surface area (Å²) >= 11 is 0. The summed E-state index contributed by atoms with van der Waals surface area (Å²) in [7, 11) is -3.54. The Bertz CT molecular complexity index is 752. The Hall–Kier alpha value is -2.01. The van der Waals surface area contributed by atoms with Crippen LogP contribution in [0.3, 0.4) is 0 Å². The molecule has 0 aliphatic carbocycles. The van der Waals surface area contributed by atoms with Crippen molar-refractivity contribution in [2.24, 2.45) is 0 Å². The summed E-state index contributed by atoms with van der Waals surface area (Å²) in [6.45, 7) is 2.91. The highest BCUT2D eigenvalue weighted by Crippen LogP contribution is 2.26. The fourth-order valence-corrected chi connectivity index (χ4v) is 3.56. The lowest BCUT2D eigenvalue weighted by Crippen LogP contribution is -2.16. The van der Waals surface area contributed by atoms with E-state index in [-0.39, 0.29) is 0 Å². The Morgan fingerprint density at radius 1 is 1.10 bits per heavy atom. The summed E-state index contributed by atoms with van der Waals surface area (Å²) in [4.78, 5) is 0.311. The van der Waals surface area contributed by atoms with Gasteiger partial charge in [0.2, 0.25) is 0 Å². The standard InChI is InChI=1S/C16H18N2O2S/c1-12-4-6-14(7-5-12)18-21(19,20)15-8-9-16-13(11-15)3-2-10-17-16/h4-9,11,17-18H,2-3,10H2,1H3. The second kappa shape index (κ2) is 5.41. The number of nitrogens with one attached hydrogen (secondary N) is 2. The molecule has 0 atom stereocenters. The van der Waals surface area contributed by atoms with E-state index in [4.69, 9.17) is 0 Å². The predicted octanol–water partition coefficient (Wildman–Crippen LogP) is 3.15. The van der Waals surface area contributed by atoms with Gasteiger partial charge in [-0.25, -0.2) is 8.42 Å². The van der Waals surface area contributed by atoms with Crippen LogP contribution in [0, 0.1) is 6.92 Å². The van der Waals surface area contributed by atoms with Crippen LogP contribution >= 0.6 is 0 Å². The van der Waals surface area contributed by atoms with Crippen LogP contribution in [0.15, 0.2) is 47.4 Å². The van der Waals surface area contributed by atoms with Gasteiger partial charge in [0, 0.05) is 17.9 Å². The van der Waals surface area contributed by atoms with Crippen molar-refractivity contribution in [3.63, 3.8) is 0 Å². The van der Waals surface area contributed by atoms with Crippen LogP contribution in [0.5, 0.6) is 0 Å². The summed E-state index contributed by atoms with van der Waals surface area (Å²) in [5, 5.41) is 3.28. The highest BCUT2D eigenvalue weighted by molar-refractivity contribution is 7.92. The van der Waals surface area contributed by atoms with Crippen molar-refractivity contribution in [3.05, 3.63) is 53.6 Å². The van der Waals surface area contributed by atoms with Gasteiger partial charge in [-0.15, -0.1) is 0 Å². The van der Waals surface area contributed by atoms with Gasteiger partial charge < -0.3 is 5.32 Å². The average Bonchev–Trinajstić information content (AvgIpc) is 2.49. The minimum Gasteiger partial charge on any atom is -0.385 e. The lowest BCUT2D eigenvalue weighted by atomic mass is 10.0. The van der Waals surface area contributed by atoms with Gasteiger partial charge >= 0.3 is 0 Å². The predicted molar refractivity (Wildman–Crippen MR) is 85.2 cm³/mol. The highest BCUT2D eigenvalue weighted by atomic mass is 32.2. The number of hydrogen-bond donors (Lipinski definition) is 2. The molecular formula is C16H18N2O2S. The molecule has 0 saturated carbocycles. The van der Waals surface area contributed by atoms with Gasteiger partial charge in [0.25, 0.3) is 10.0 Å².